The van der Waals surface area contributed by atoms with E-state index >= 15 is 0 Å². The summed E-state index contributed by atoms with van der Waals surface area (Å²) in [5.41, 5.74) is 1.06. The van der Waals surface area contributed by atoms with Crippen molar-refractivity contribution < 1.29 is 8.42 Å². The topological polar surface area (TPSA) is 67.2 Å². The lowest BCUT2D eigenvalue weighted by Gasteiger charge is -2.14. The molecule has 1 atom stereocenters. The molecule has 6 nitrogen and oxygen atoms in total. The zero-order valence-corrected chi connectivity index (χ0v) is 11.9. The Labute approximate surface area is 108 Å². The minimum Gasteiger partial charge on any atom is -0.348 e. The van der Waals surface area contributed by atoms with E-state index in [1.54, 1.807) is 0 Å². The number of rotatable bonds is 4. The molecule has 1 saturated heterocycles. The lowest BCUT2D eigenvalue weighted by atomic mass is 10.2. The summed E-state index contributed by atoms with van der Waals surface area (Å²) in [6.07, 6.45) is 2.53. The molecule has 0 aliphatic carbocycles. The first kappa shape index (κ1) is 13.4. The zero-order chi connectivity index (χ0) is 13.3. The third-order valence-electron chi connectivity index (χ3n) is 3.26. The molecule has 1 aromatic rings. The second kappa shape index (κ2) is 4.89. The number of hydrogen-bond donors (Lipinski definition) is 1. The zero-order valence-electron chi connectivity index (χ0n) is 11.0. The van der Waals surface area contributed by atoms with Gasteiger partial charge in [-0.05, 0) is 6.42 Å². The summed E-state index contributed by atoms with van der Waals surface area (Å²) < 4.78 is 24.7. The Hall–Kier alpha value is -1.08. The molecule has 2 heterocycles. The molecule has 0 amide bonds. The van der Waals surface area contributed by atoms with Gasteiger partial charge in [-0.1, -0.05) is 0 Å². The monoisotopic (exact) mass is 272 g/mol. The van der Waals surface area contributed by atoms with Crippen molar-refractivity contribution in [2.45, 2.75) is 19.0 Å². The number of hydrogen-bond acceptors (Lipinski definition) is 5. The maximum absolute atomic E-state index is 11.3. The smallest absolute Gasteiger partial charge is 0.204 e. The van der Waals surface area contributed by atoms with Gasteiger partial charge in [0.25, 0.3) is 0 Å². The Kier molecular flexibility index (Phi) is 3.63. The van der Waals surface area contributed by atoms with Gasteiger partial charge in [0.2, 0.25) is 5.95 Å². The van der Waals surface area contributed by atoms with Crippen LogP contribution in [-0.4, -0.2) is 49.6 Å². The highest BCUT2D eigenvalue weighted by Crippen LogP contribution is 2.14. The standard InChI is InChI=1S/C11H20N4O2S/c1-14(2)11-13-7-10(15(11)3)6-12-9-4-5-18(16,17)8-9/h7,9,12H,4-6,8H2,1-3H3. The molecular formula is C11H20N4O2S. The van der Waals surface area contributed by atoms with Gasteiger partial charge in [-0.15, -0.1) is 0 Å². The molecule has 0 spiro atoms. The first-order chi connectivity index (χ1) is 8.39. The molecule has 0 aromatic carbocycles. The van der Waals surface area contributed by atoms with Crippen molar-refractivity contribution in [2.24, 2.45) is 7.05 Å². The van der Waals surface area contributed by atoms with Gasteiger partial charge in [-0.3, -0.25) is 0 Å². The van der Waals surface area contributed by atoms with Gasteiger partial charge < -0.3 is 14.8 Å². The highest BCUT2D eigenvalue weighted by molar-refractivity contribution is 7.91. The highest BCUT2D eigenvalue weighted by Gasteiger charge is 2.27. The Morgan fingerprint density at radius 2 is 2.28 bits per heavy atom. The average Bonchev–Trinajstić information content (AvgIpc) is 2.79. The second-order valence-electron chi connectivity index (χ2n) is 4.98. The van der Waals surface area contributed by atoms with Crippen LogP contribution < -0.4 is 10.2 Å². The fourth-order valence-electron chi connectivity index (χ4n) is 2.22. The largest absolute Gasteiger partial charge is 0.348 e. The van der Waals surface area contributed by atoms with E-state index in [1.165, 1.54) is 0 Å². The number of nitrogens with one attached hydrogen (secondary N) is 1. The molecule has 1 aliphatic rings. The number of sulfone groups is 1. The van der Waals surface area contributed by atoms with E-state index in [4.69, 9.17) is 0 Å². The second-order valence-corrected chi connectivity index (χ2v) is 7.21. The van der Waals surface area contributed by atoms with E-state index in [0.29, 0.717) is 18.7 Å². The van der Waals surface area contributed by atoms with E-state index in [9.17, 15) is 8.42 Å². The number of aromatic nitrogens is 2. The number of anilines is 1. The fraction of sp³-hybridized carbons (Fsp3) is 0.727. The molecule has 0 radical (unpaired) electrons. The molecule has 1 aromatic heterocycles. The lowest BCUT2D eigenvalue weighted by molar-refractivity contribution is 0.541. The van der Waals surface area contributed by atoms with Crippen LogP contribution in [0.3, 0.4) is 0 Å². The van der Waals surface area contributed by atoms with E-state index < -0.39 is 9.84 Å². The molecule has 1 aliphatic heterocycles. The van der Waals surface area contributed by atoms with Crippen LogP contribution in [-0.2, 0) is 23.4 Å². The summed E-state index contributed by atoms with van der Waals surface area (Å²) in [6, 6.07) is 0.0766. The maximum Gasteiger partial charge on any atom is 0.204 e. The van der Waals surface area contributed by atoms with Crippen LogP contribution in [0.5, 0.6) is 0 Å². The fourth-order valence-corrected chi connectivity index (χ4v) is 3.93. The first-order valence-electron chi connectivity index (χ1n) is 6.01. The van der Waals surface area contributed by atoms with Gasteiger partial charge in [0.15, 0.2) is 9.84 Å². The Morgan fingerprint density at radius 3 is 2.78 bits per heavy atom. The molecule has 1 unspecified atom stereocenters. The van der Waals surface area contributed by atoms with E-state index in [0.717, 1.165) is 11.6 Å². The summed E-state index contributed by atoms with van der Waals surface area (Å²) in [5.74, 6) is 1.45. The van der Waals surface area contributed by atoms with Crippen molar-refractivity contribution in [3.05, 3.63) is 11.9 Å². The molecule has 0 saturated carbocycles. The Balaban J connectivity index is 1.95. The third-order valence-corrected chi connectivity index (χ3v) is 5.03. The quantitative estimate of drug-likeness (QED) is 0.819. The van der Waals surface area contributed by atoms with E-state index in [1.807, 2.05) is 36.8 Å². The maximum atomic E-state index is 11.3. The molecule has 7 heteroatoms. The van der Waals surface area contributed by atoms with Crippen LogP contribution in [0.2, 0.25) is 0 Å². The summed E-state index contributed by atoms with van der Waals surface area (Å²) in [7, 11) is 3.05. The van der Waals surface area contributed by atoms with Crippen LogP contribution in [0.15, 0.2) is 6.20 Å². The van der Waals surface area contributed by atoms with Crippen molar-refractivity contribution >= 4 is 15.8 Å². The molecule has 1 N–H and O–H groups in total. The van der Waals surface area contributed by atoms with E-state index in [-0.39, 0.29) is 11.8 Å². The molecule has 2 rings (SSSR count). The average molecular weight is 272 g/mol. The Morgan fingerprint density at radius 1 is 1.56 bits per heavy atom. The molecule has 1 fully saturated rings. The van der Waals surface area contributed by atoms with Gasteiger partial charge in [-0.25, -0.2) is 13.4 Å². The van der Waals surface area contributed by atoms with Crippen molar-refractivity contribution in [1.29, 1.82) is 0 Å². The normalized spacial score (nSPS) is 22.3. The molecule has 18 heavy (non-hydrogen) atoms. The Bertz CT molecular complexity index is 521. The van der Waals surface area contributed by atoms with Crippen LogP contribution in [0.25, 0.3) is 0 Å². The van der Waals surface area contributed by atoms with Gasteiger partial charge in [0.1, 0.15) is 0 Å². The minimum atomic E-state index is -2.81. The van der Waals surface area contributed by atoms with Crippen molar-refractivity contribution in [3.8, 4) is 0 Å². The van der Waals surface area contributed by atoms with Gasteiger partial charge in [-0.2, -0.15) is 0 Å². The molecule has 102 valence electrons. The first-order valence-corrected chi connectivity index (χ1v) is 7.83. The van der Waals surface area contributed by atoms with Gasteiger partial charge >= 0.3 is 0 Å². The lowest BCUT2D eigenvalue weighted by Crippen LogP contribution is -2.30. The number of imidazole rings is 1. The van der Waals surface area contributed by atoms with E-state index in [2.05, 4.69) is 10.3 Å². The summed E-state index contributed by atoms with van der Waals surface area (Å²) in [6.45, 7) is 0.650. The molecule has 0 bridgehead atoms. The predicted octanol–water partition coefficient (Wildman–Crippen LogP) is -0.237. The highest BCUT2D eigenvalue weighted by atomic mass is 32.2. The SMILES string of the molecule is CN(C)c1ncc(CNC2CCS(=O)(=O)C2)n1C. The summed E-state index contributed by atoms with van der Waals surface area (Å²) in [4.78, 5) is 6.27. The van der Waals surface area contributed by atoms with Crippen LogP contribution >= 0.6 is 0 Å². The predicted molar refractivity (Wildman–Crippen MR) is 71.4 cm³/mol. The number of nitrogens with zero attached hydrogens (tertiary/aromatic N) is 3. The summed E-state index contributed by atoms with van der Waals surface area (Å²) in [5, 5.41) is 3.29. The van der Waals surface area contributed by atoms with Gasteiger partial charge in [0.05, 0.1) is 23.4 Å². The summed E-state index contributed by atoms with van der Waals surface area (Å²) >= 11 is 0. The van der Waals surface area contributed by atoms with Crippen LogP contribution in [0, 0.1) is 0 Å². The van der Waals surface area contributed by atoms with Crippen LogP contribution in [0.4, 0.5) is 5.95 Å². The van der Waals surface area contributed by atoms with Crippen LogP contribution in [0.1, 0.15) is 12.1 Å². The van der Waals surface area contributed by atoms with Gasteiger partial charge in [0, 0.05) is 33.7 Å². The van der Waals surface area contributed by atoms with Crippen molar-refractivity contribution in [2.75, 3.05) is 30.5 Å². The van der Waals surface area contributed by atoms with Crippen molar-refractivity contribution in [1.82, 2.24) is 14.9 Å². The minimum absolute atomic E-state index is 0.0766. The third kappa shape index (κ3) is 2.84. The van der Waals surface area contributed by atoms with Crippen molar-refractivity contribution in [3.63, 3.8) is 0 Å². The molecular weight excluding hydrogens is 252 g/mol.